The molecule has 0 saturated heterocycles. The van der Waals surface area contributed by atoms with Crippen molar-refractivity contribution in [2.45, 2.75) is 6.92 Å². The summed E-state index contributed by atoms with van der Waals surface area (Å²) >= 11 is 0. The van der Waals surface area contributed by atoms with Crippen molar-refractivity contribution in [2.75, 3.05) is 5.32 Å². The maximum absolute atomic E-state index is 12.1. The molecule has 8 heteroatoms. The summed E-state index contributed by atoms with van der Waals surface area (Å²) in [5.74, 6) is 0.120. The smallest absolute Gasteiger partial charge is 0.259 e. The van der Waals surface area contributed by atoms with E-state index < -0.39 is 0 Å². The molecular weight excluding hydrogens is 342 g/mol. The third-order valence-corrected chi connectivity index (χ3v) is 3.90. The van der Waals surface area contributed by atoms with Gasteiger partial charge < -0.3 is 5.32 Å². The summed E-state index contributed by atoms with van der Waals surface area (Å²) in [4.78, 5) is 28.2. The summed E-state index contributed by atoms with van der Waals surface area (Å²) in [6.07, 6.45) is 9.43. The molecule has 0 unspecified atom stereocenters. The second kappa shape index (κ2) is 7.12. The van der Waals surface area contributed by atoms with Gasteiger partial charge in [-0.1, -0.05) is 0 Å². The van der Waals surface area contributed by atoms with Gasteiger partial charge in [-0.25, -0.2) is 19.6 Å². The van der Waals surface area contributed by atoms with Crippen LogP contribution in [0.3, 0.4) is 0 Å². The average molecular weight is 357 g/mol. The first-order valence-electron chi connectivity index (χ1n) is 8.20. The Morgan fingerprint density at radius 2 is 1.89 bits per heavy atom. The maximum atomic E-state index is 12.1. The highest BCUT2D eigenvalue weighted by Crippen LogP contribution is 2.20. The highest BCUT2D eigenvalue weighted by Gasteiger charge is 2.10. The molecule has 0 atom stereocenters. The zero-order valence-electron chi connectivity index (χ0n) is 14.4. The van der Waals surface area contributed by atoms with E-state index in [2.05, 4.69) is 30.4 Å². The van der Waals surface area contributed by atoms with Gasteiger partial charge in [0.1, 0.15) is 12.1 Å². The lowest BCUT2D eigenvalue weighted by Crippen LogP contribution is -2.13. The van der Waals surface area contributed by atoms with E-state index in [4.69, 9.17) is 0 Å². The van der Waals surface area contributed by atoms with E-state index in [0.717, 1.165) is 22.6 Å². The molecule has 8 nitrogen and oxygen atoms in total. The minimum Gasteiger partial charge on any atom is -0.306 e. The molecule has 0 fully saturated rings. The summed E-state index contributed by atoms with van der Waals surface area (Å²) in [5.41, 5.74) is 3.91. The van der Waals surface area contributed by atoms with Crippen molar-refractivity contribution < 1.29 is 4.79 Å². The molecule has 4 heterocycles. The van der Waals surface area contributed by atoms with Gasteiger partial charge in [0.05, 0.1) is 23.1 Å². The molecule has 27 heavy (non-hydrogen) atoms. The number of nitrogens with one attached hydrogen (secondary N) is 1. The van der Waals surface area contributed by atoms with Crippen LogP contribution in [-0.2, 0) is 0 Å². The predicted molar refractivity (Wildman–Crippen MR) is 99.3 cm³/mol. The maximum Gasteiger partial charge on any atom is 0.259 e. The van der Waals surface area contributed by atoms with E-state index in [0.29, 0.717) is 11.4 Å². The number of pyridine rings is 2. The fraction of sp³-hybridized carbons (Fsp3) is 0.0526. The van der Waals surface area contributed by atoms with E-state index >= 15 is 0 Å². The molecule has 4 rings (SSSR count). The van der Waals surface area contributed by atoms with Crippen molar-refractivity contribution in [2.24, 2.45) is 0 Å². The lowest BCUT2D eigenvalue weighted by molar-refractivity contribution is 0.102. The van der Waals surface area contributed by atoms with Gasteiger partial charge in [0, 0.05) is 36.0 Å². The minimum absolute atomic E-state index is 0.315. The predicted octanol–water partition coefficient (Wildman–Crippen LogP) is 2.68. The Kier molecular flexibility index (Phi) is 4.36. The highest BCUT2D eigenvalue weighted by atomic mass is 16.1. The molecule has 0 aromatic carbocycles. The van der Waals surface area contributed by atoms with Gasteiger partial charge in [-0.2, -0.15) is 5.10 Å². The van der Waals surface area contributed by atoms with Crippen LogP contribution < -0.4 is 5.32 Å². The summed E-state index contributed by atoms with van der Waals surface area (Å²) < 4.78 is 1.80. The topological polar surface area (TPSA) is 98.5 Å². The number of carbonyl (C=O) groups is 1. The normalized spacial score (nSPS) is 10.6. The standard InChI is InChI=1S/C19H15N7O/c1-13-7-17(14-3-2-6-20-8-14)25-26(13)16-4-5-18(23-11-16)24-19(27)15-9-21-12-22-10-15/h2-12H,1H3,(H,23,24,27). The quantitative estimate of drug-likeness (QED) is 0.603. The van der Waals surface area contributed by atoms with E-state index in [9.17, 15) is 4.79 Å². The number of carbonyl (C=O) groups excluding carboxylic acids is 1. The Morgan fingerprint density at radius 3 is 2.59 bits per heavy atom. The van der Waals surface area contributed by atoms with Crippen molar-refractivity contribution in [3.05, 3.63) is 78.9 Å². The number of rotatable bonds is 4. The monoisotopic (exact) mass is 357 g/mol. The third-order valence-electron chi connectivity index (χ3n) is 3.90. The molecule has 0 aliphatic rings. The molecule has 0 bridgehead atoms. The number of anilines is 1. The first-order chi connectivity index (χ1) is 13.2. The first-order valence-corrected chi connectivity index (χ1v) is 8.20. The number of aryl methyl sites for hydroxylation is 1. The largest absolute Gasteiger partial charge is 0.306 e. The van der Waals surface area contributed by atoms with Crippen molar-refractivity contribution >= 4 is 11.7 Å². The van der Waals surface area contributed by atoms with Crippen LogP contribution in [0.4, 0.5) is 5.82 Å². The van der Waals surface area contributed by atoms with Crippen LogP contribution in [-0.4, -0.2) is 35.6 Å². The van der Waals surface area contributed by atoms with Crippen molar-refractivity contribution in [1.82, 2.24) is 29.7 Å². The number of nitrogens with zero attached hydrogens (tertiary/aromatic N) is 6. The Bertz CT molecular complexity index is 1060. The van der Waals surface area contributed by atoms with Crippen LogP contribution in [0.25, 0.3) is 16.9 Å². The lowest BCUT2D eigenvalue weighted by atomic mass is 10.2. The molecule has 4 aromatic rings. The minimum atomic E-state index is -0.315. The van der Waals surface area contributed by atoms with E-state index in [1.54, 1.807) is 29.3 Å². The zero-order chi connectivity index (χ0) is 18.6. The molecule has 132 valence electrons. The van der Waals surface area contributed by atoms with Crippen molar-refractivity contribution in [3.8, 4) is 16.9 Å². The number of aromatic nitrogens is 6. The molecule has 0 aliphatic heterocycles. The van der Waals surface area contributed by atoms with E-state index in [1.807, 2.05) is 31.2 Å². The summed E-state index contributed by atoms with van der Waals surface area (Å²) in [6.45, 7) is 1.97. The van der Waals surface area contributed by atoms with Crippen LogP contribution in [0.5, 0.6) is 0 Å². The fourth-order valence-corrected chi connectivity index (χ4v) is 2.58. The second-order valence-electron chi connectivity index (χ2n) is 5.81. The van der Waals surface area contributed by atoms with Gasteiger partial charge in [-0.3, -0.25) is 9.78 Å². The summed E-state index contributed by atoms with van der Waals surface area (Å²) in [7, 11) is 0. The first kappa shape index (κ1) is 16.5. The van der Waals surface area contributed by atoms with Gasteiger partial charge in [0.15, 0.2) is 0 Å². The van der Waals surface area contributed by atoms with Crippen molar-refractivity contribution in [3.63, 3.8) is 0 Å². The third kappa shape index (κ3) is 3.54. The van der Waals surface area contributed by atoms with Crippen LogP contribution in [0.15, 0.2) is 67.6 Å². The van der Waals surface area contributed by atoms with Gasteiger partial charge in [0.2, 0.25) is 0 Å². The molecule has 0 saturated carbocycles. The second-order valence-corrected chi connectivity index (χ2v) is 5.81. The Balaban J connectivity index is 1.54. The molecule has 1 amide bonds. The lowest BCUT2D eigenvalue weighted by Gasteiger charge is -2.07. The van der Waals surface area contributed by atoms with Crippen LogP contribution in [0, 0.1) is 6.92 Å². The van der Waals surface area contributed by atoms with Crippen LogP contribution in [0.1, 0.15) is 16.1 Å². The molecule has 4 aromatic heterocycles. The average Bonchev–Trinajstić information content (AvgIpc) is 3.11. The Hall–Kier alpha value is -3.94. The van der Waals surface area contributed by atoms with E-state index in [-0.39, 0.29) is 5.91 Å². The molecule has 1 N–H and O–H groups in total. The molecule has 0 spiro atoms. The Morgan fingerprint density at radius 1 is 1.04 bits per heavy atom. The summed E-state index contributed by atoms with van der Waals surface area (Å²) in [5, 5.41) is 7.34. The molecular formula is C19H15N7O. The fourth-order valence-electron chi connectivity index (χ4n) is 2.58. The number of hydrogen-bond donors (Lipinski definition) is 1. The van der Waals surface area contributed by atoms with E-state index in [1.165, 1.54) is 18.7 Å². The SMILES string of the molecule is Cc1cc(-c2cccnc2)nn1-c1ccc(NC(=O)c2cncnc2)nc1. The molecule has 0 aliphatic carbocycles. The van der Waals surface area contributed by atoms with Crippen molar-refractivity contribution in [1.29, 1.82) is 0 Å². The van der Waals surface area contributed by atoms with Gasteiger partial charge in [-0.05, 0) is 37.3 Å². The van der Waals surface area contributed by atoms with Crippen LogP contribution >= 0.6 is 0 Å². The van der Waals surface area contributed by atoms with Gasteiger partial charge in [-0.15, -0.1) is 0 Å². The summed E-state index contributed by atoms with van der Waals surface area (Å²) in [6, 6.07) is 9.39. The Labute approximate surface area is 155 Å². The number of hydrogen-bond acceptors (Lipinski definition) is 6. The van der Waals surface area contributed by atoms with Crippen LogP contribution in [0.2, 0.25) is 0 Å². The highest BCUT2D eigenvalue weighted by molar-refractivity contribution is 6.03. The molecule has 0 radical (unpaired) electrons. The van der Waals surface area contributed by atoms with Gasteiger partial charge >= 0.3 is 0 Å². The number of amides is 1. The van der Waals surface area contributed by atoms with Gasteiger partial charge in [0.25, 0.3) is 5.91 Å². The zero-order valence-corrected chi connectivity index (χ0v) is 14.4.